The van der Waals surface area contributed by atoms with Gasteiger partial charge in [0.25, 0.3) is 5.91 Å². The number of H-pyrrole nitrogens is 1. The van der Waals surface area contributed by atoms with Crippen LogP contribution in [0.15, 0.2) is 60.9 Å². The molecule has 1 atom stereocenters. The second-order valence-electron chi connectivity index (χ2n) is 7.07. The molecule has 0 bridgehead atoms. The van der Waals surface area contributed by atoms with Crippen molar-refractivity contribution in [3.63, 3.8) is 0 Å². The van der Waals surface area contributed by atoms with E-state index in [0.29, 0.717) is 10.4 Å². The van der Waals surface area contributed by atoms with Gasteiger partial charge in [0.1, 0.15) is 5.65 Å². The van der Waals surface area contributed by atoms with E-state index in [-0.39, 0.29) is 18.9 Å². The lowest BCUT2D eigenvalue weighted by Gasteiger charge is -2.17. The number of aromatic nitrogens is 2. The molecule has 0 aliphatic rings. The molecule has 1 amide bonds. The van der Waals surface area contributed by atoms with Crippen molar-refractivity contribution in [2.75, 3.05) is 6.54 Å². The quantitative estimate of drug-likeness (QED) is 0.406. The number of fused-ring (bicyclic) bond motifs is 1. The van der Waals surface area contributed by atoms with Crippen molar-refractivity contribution < 1.29 is 18.0 Å². The molecule has 3 aromatic heterocycles. The Bertz CT molecular complexity index is 1210. The van der Waals surface area contributed by atoms with Crippen LogP contribution < -0.4 is 11.1 Å². The van der Waals surface area contributed by atoms with Gasteiger partial charge in [0.15, 0.2) is 0 Å². The number of amides is 1. The van der Waals surface area contributed by atoms with Crippen molar-refractivity contribution in [2.45, 2.75) is 18.6 Å². The Morgan fingerprint density at radius 3 is 2.81 bits per heavy atom. The zero-order valence-corrected chi connectivity index (χ0v) is 17.1. The molecular weight excluding hydrogens is 425 g/mol. The minimum atomic E-state index is -4.41. The number of hydrogen-bond donors (Lipinski definition) is 3. The number of rotatable bonds is 6. The van der Waals surface area contributed by atoms with E-state index in [0.717, 1.165) is 33.6 Å². The van der Waals surface area contributed by atoms with E-state index in [2.05, 4.69) is 15.3 Å². The van der Waals surface area contributed by atoms with Crippen LogP contribution in [0.1, 0.15) is 20.8 Å². The normalized spacial score (nSPS) is 12.8. The summed E-state index contributed by atoms with van der Waals surface area (Å²) in [7, 11) is 0. The first-order valence-corrected chi connectivity index (χ1v) is 10.4. The number of halogens is 3. The van der Waals surface area contributed by atoms with Gasteiger partial charge in [-0.15, -0.1) is 11.3 Å². The molecule has 0 radical (unpaired) electrons. The molecule has 4 rings (SSSR count). The number of hydrogen-bond acceptors (Lipinski definition) is 4. The third-order valence-electron chi connectivity index (χ3n) is 4.91. The molecule has 160 valence electrons. The molecule has 0 saturated heterocycles. The van der Waals surface area contributed by atoms with Gasteiger partial charge in [-0.05, 0) is 42.3 Å². The van der Waals surface area contributed by atoms with Crippen molar-refractivity contribution in [2.24, 2.45) is 5.73 Å². The van der Waals surface area contributed by atoms with E-state index in [4.69, 9.17) is 5.73 Å². The first-order valence-electron chi connectivity index (χ1n) is 9.54. The van der Waals surface area contributed by atoms with E-state index in [1.807, 2.05) is 24.4 Å². The van der Waals surface area contributed by atoms with E-state index in [9.17, 15) is 18.0 Å². The Morgan fingerprint density at radius 1 is 1.19 bits per heavy atom. The Balaban J connectivity index is 1.48. The fourth-order valence-electron chi connectivity index (χ4n) is 3.39. The smallest absolute Gasteiger partial charge is 0.347 e. The lowest BCUT2D eigenvalue weighted by molar-refractivity contribution is -0.137. The van der Waals surface area contributed by atoms with Crippen LogP contribution in [0.4, 0.5) is 13.2 Å². The minimum Gasteiger partial charge on any atom is -0.347 e. The SMILES string of the molecule is NC[C@H](Cc1cccc(C(F)(F)F)c1)NC(=O)c1ccc(-c2ccnc3[nH]ccc23)s1. The molecule has 0 spiro atoms. The van der Waals surface area contributed by atoms with Crippen LogP contribution >= 0.6 is 11.3 Å². The summed E-state index contributed by atoms with van der Waals surface area (Å²) in [5.41, 5.74) is 7.25. The van der Waals surface area contributed by atoms with Gasteiger partial charge in [0.2, 0.25) is 0 Å². The molecule has 9 heteroatoms. The van der Waals surface area contributed by atoms with Gasteiger partial charge in [-0.1, -0.05) is 18.2 Å². The first-order chi connectivity index (χ1) is 14.8. The van der Waals surface area contributed by atoms with Gasteiger partial charge in [-0.3, -0.25) is 4.79 Å². The zero-order chi connectivity index (χ0) is 22.0. The molecule has 3 heterocycles. The highest BCUT2D eigenvalue weighted by atomic mass is 32.1. The third kappa shape index (κ3) is 4.62. The Morgan fingerprint density at radius 2 is 2.03 bits per heavy atom. The van der Waals surface area contributed by atoms with Crippen LogP contribution in [0.3, 0.4) is 0 Å². The maximum absolute atomic E-state index is 12.9. The summed E-state index contributed by atoms with van der Waals surface area (Å²) in [4.78, 5) is 21.5. The molecule has 5 nitrogen and oxygen atoms in total. The lowest BCUT2D eigenvalue weighted by Crippen LogP contribution is -2.41. The monoisotopic (exact) mass is 444 g/mol. The predicted octanol–water partition coefficient (Wildman–Crippen LogP) is 4.61. The Hall–Kier alpha value is -3.17. The number of nitrogens with two attached hydrogens (primary N) is 1. The average Bonchev–Trinajstić information content (AvgIpc) is 3.42. The van der Waals surface area contributed by atoms with Gasteiger partial charge in [0.05, 0.1) is 10.4 Å². The number of carbonyl (C=O) groups excluding carboxylic acids is 1. The van der Waals surface area contributed by atoms with E-state index < -0.39 is 17.8 Å². The van der Waals surface area contributed by atoms with E-state index in [1.165, 1.54) is 17.4 Å². The van der Waals surface area contributed by atoms with Crippen molar-refractivity contribution in [3.8, 4) is 10.4 Å². The molecule has 0 unspecified atom stereocenters. The second kappa shape index (κ2) is 8.52. The fraction of sp³-hybridized carbons (Fsp3) is 0.182. The van der Waals surface area contributed by atoms with Crippen LogP contribution in [0.25, 0.3) is 21.5 Å². The zero-order valence-electron chi connectivity index (χ0n) is 16.2. The largest absolute Gasteiger partial charge is 0.416 e. The number of pyridine rings is 1. The maximum Gasteiger partial charge on any atom is 0.416 e. The number of benzene rings is 1. The minimum absolute atomic E-state index is 0.106. The van der Waals surface area contributed by atoms with Gasteiger partial charge in [-0.2, -0.15) is 13.2 Å². The highest BCUT2D eigenvalue weighted by Gasteiger charge is 2.30. The lowest BCUT2D eigenvalue weighted by atomic mass is 10.0. The number of nitrogens with zero attached hydrogens (tertiary/aromatic N) is 1. The van der Waals surface area contributed by atoms with Crippen molar-refractivity contribution in [1.82, 2.24) is 15.3 Å². The molecule has 0 saturated carbocycles. The summed E-state index contributed by atoms with van der Waals surface area (Å²) >= 11 is 1.33. The molecule has 4 aromatic rings. The first kappa shape index (κ1) is 21.1. The summed E-state index contributed by atoms with van der Waals surface area (Å²) in [6, 6.07) is 12.0. The molecule has 4 N–H and O–H groups in total. The van der Waals surface area contributed by atoms with Gasteiger partial charge < -0.3 is 16.0 Å². The summed E-state index contributed by atoms with van der Waals surface area (Å²) in [6.07, 6.45) is -0.698. The van der Waals surface area contributed by atoms with Gasteiger partial charge in [0, 0.05) is 40.8 Å². The number of alkyl halides is 3. The van der Waals surface area contributed by atoms with Crippen LogP contribution in [0.2, 0.25) is 0 Å². The number of aromatic amines is 1. The predicted molar refractivity (Wildman–Crippen MR) is 115 cm³/mol. The maximum atomic E-state index is 12.9. The summed E-state index contributed by atoms with van der Waals surface area (Å²) in [6.45, 7) is 0.106. The number of thiophene rings is 1. The molecule has 1 aromatic carbocycles. The molecule has 0 aliphatic heterocycles. The van der Waals surface area contributed by atoms with Gasteiger partial charge in [-0.25, -0.2) is 4.98 Å². The molecular formula is C22H19F3N4OS. The van der Waals surface area contributed by atoms with Crippen molar-refractivity contribution >= 4 is 28.3 Å². The molecule has 31 heavy (non-hydrogen) atoms. The Labute approximate surface area is 180 Å². The van der Waals surface area contributed by atoms with Crippen LogP contribution in [0.5, 0.6) is 0 Å². The van der Waals surface area contributed by atoms with Crippen LogP contribution in [-0.2, 0) is 12.6 Å². The fourth-order valence-corrected chi connectivity index (χ4v) is 4.34. The van der Waals surface area contributed by atoms with Crippen molar-refractivity contribution in [3.05, 3.63) is 76.9 Å². The summed E-state index contributed by atoms with van der Waals surface area (Å²) in [5.74, 6) is -0.307. The van der Waals surface area contributed by atoms with Gasteiger partial charge >= 0.3 is 6.18 Å². The third-order valence-corrected chi connectivity index (χ3v) is 6.03. The van der Waals surface area contributed by atoms with E-state index in [1.54, 1.807) is 18.3 Å². The number of carbonyl (C=O) groups is 1. The topological polar surface area (TPSA) is 83.8 Å². The standard InChI is InChI=1S/C22H19F3N4OS/c23-22(24,25)14-3-1-2-13(10-14)11-15(12-26)29-21(30)19-5-4-18(31-19)16-6-8-27-20-17(16)7-9-28-20/h1-10,15H,11-12,26H2,(H,27,28)(H,29,30)/t15-/m0/s1. The number of nitrogens with one attached hydrogen (secondary N) is 2. The Kier molecular flexibility index (Phi) is 5.79. The molecule has 0 aliphatic carbocycles. The molecule has 0 fully saturated rings. The second-order valence-corrected chi connectivity index (χ2v) is 8.15. The van der Waals surface area contributed by atoms with Crippen molar-refractivity contribution in [1.29, 1.82) is 0 Å². The van der Waals surface area contributed by atoms with E-state index >= 15 is 0 Å². The van der Waals surface area contributed by atoms with Crippen LogP contribution in [-0.4, -0.2) is 28.5 Å². The summed E-state index contributed by atoms with van der Waals surface area (Å²) in [5, 5.41) is 3.79. The highest BCUT2D eigenvalue weighted by Crippen LogP contribution is 2.33. The van der Waals surface area contributed by atoms with Crippen LogP contribution in [0, 0.1) is 0 Å². The summed E-state index contributed by atoms with van der Waals surface area (Å²) < 4.78 is 38.8. The highest BCUT2D eigenvalue weighted by molar-refractivity contribution is 7.17. The average molecular weight is 444 g/mol.